The molecule has 1 heterocycles. The van der Waals surface area contributed by atoms with E-state index in [9.17, 15) is 13.2 Å². The number of nitrogens with one attached hydrogen (secondary N) is 1. The fraction of sp³-hybridized carbons (Fsp3) is 0.435. The molecule has 2 unspecified atom stereocenters. The molecule has 0 spiro atoms. The fourth-order valence-electron chi connectivity index (χ4n) is 4.19. The number of amides is 1. The van der Waals surface area contributed by atoms with Crippen molar-refractivity contribution in [3.63, 3.8) is 0 Å². The summed E-state index contributed by atoms with van der Waals surface area (Å²) in [7, 11) is -3.73. The van der Waals surface area contributed by atoms with Gasteiger partial charge in [-0.3, -0.25) is 4.79 Å². The highest BCUT2D eigenvalue weighted by molar-refractivity contribution is 7.88. The number of piperidine rings is 1. The monoisotopic (exact) mass is 450 g/mol. The van der Waals surface area contributed by atoms with Gasteiger partial charge in [-0.2, -0.15) is 8.78 Å². The quantitative estimate of drug-likeness (QED) is 0.689. The summed E-state index contributed by atoms with van der Waals surface area (Å²) in [5, 5.41) is 0. The molecular formula is C23H28F2N2O3S. The summed E-state index contributed by atoms with van der Waals surface area (Å²) in [6.07, 6.45) is 2.31. The highest BCUT2D eigenvalue weighted by Crippen LogP contribution is 2.41. The SMILES string of the molecule is CCCC(=O)N1CCCC(NS(C)(=O)=O)C1C(F)(F)c1cccc(-c2ccccc2)c1. The summed E-state index contributed by atoms with van der Waals surface area (Å²) >= 11 is 0. The fourth-order valence-corrected chi connectivity index (χ4v) is 4.98. The van der Waals surface area contributed by atoms with Gasteiger partial charge in [0.1, 0.15) is 6.04 Å². The number of rotatable bonds is 7. The van der Waals surface area contributed by atoms with Gasteiger partial charge in [0.2, 0.25) is 15.9 Å². The minimum atomic E-state index is -3.73. The molecule has 5 nitrogen and oxygen atoms in total. The van der Waals surface area contributed by atoms with E-state index >= 15 is 8.78 Å². The summed E-state index contributed by atoms with van der Waals surface area (Å²) < 4.78 is 58.1. The summed E-state index contributed by atoms with van der Waals surface area (Å²) in [5.41, 5.74) is 1.19. The van der Waals surface area contributed by atoms with Crippen LogP contribution in [0.15, 0.2) is 54.6 Å². The molecule has 1 saturated heterocycles. The van der Waals surface area contributed by atoms with Gasteiger partial charge in [-0.25, -0.2) is 13.1 Å². The van der Waals surface area contributed by atoms with E-state index in [1.807, 2.05) is 37.3 Å². The van der Waals surface area contributed by atoms with Gasteiger partial charge < -0.3 is 4.90 Å². The summed E-state index contributed by atoms with van der Waals surface area (Å²) in [5.74, 6) is -3.83. The normalized spacial score (nSPS) is 19.9. The van der Waals surface area contributed by atoms with Crippen molar-refractivity contribution in [1.82, 2.24) is 9.62 Å². The van der Waals surface area contributed by atoms with E-state index in [-0.39, 0.29) is 30.9 Å². The molecule has 1 aliphatic rings. The predicted molar refractivity (Wildman–Crippen MR) is 117 cm³/mol. The molecule has 0 bridgehead atoms. The van der Waals surface area contributed by atoms with Crippen LogP contribution in [0.2, 0.25) is 0 Å². The zero-order valence-electron chi connectivity index (χ0n) is 17.7. The maximum absolute atomic E-state index is 16.0. The molecule has 168 valence electrons. The van der Waals surface area contributed by atoms with Gasteiger partial charge in [0.15, 0.2) is 0 Å². The first-order chi connectivity index (χ1) is 14.6. The first-order valence-electron chi connectivity index (χ1n) is 10.4. The molecular weight excluding hydrogens is 422 g/mol. The molecule has 1 aliphatic heterocycles. The second-order valence-electron chi connectivity index (χ2n) is 7.99. The maximum atomic E-state index is 16.0. The zero-order chi connectivity index (χ0) is 22.6. The van der Waals surface area contributed by atoms with Crippen LogP contribution >= 0.6 is 0 Å². The topological polar surface area (TPSA) is 66.5 Å². The van der Waals surface area contributed by atoms with Crippen LogP contribution in [-0.2, 0) is 20.7 Å². The third kappa shape index (κ3) is 5.49. The third-order valence-corrected chi connectivity index (χ3v) is 6.24. The van der Waals surface area contributed by atoms with Crippen molar-refractivity contribution in [1.29, 1.82) is 0 Å². The Labute approximate surface area is 182 Å². The summed E-state index contributed by atoms with van der Waals surface area (Å²) in [4.78, 5) is 13.9. The minimum Gasteiger partial charge on any atom is -0.332 e. The average molecular weight is 451 g/mol. The lowest BCUT2D eigenvalue weighted by Gasteiger charge is -2.45. The Kier molecular flexibility index (Phi) is 7.11. The van der Waals surface area contributed by atoms with Crippen LogP contribution in [0.25, 0.3) is 11.1 Å². The zero-order valence-corrected chi connectivity index (χ0v) is 18.5. The molecule has 3 rings (SSSR count). The lowest BCUT2D eigenvalue weighted by atomic mass is 9.87. The van der Waals surface area contributed by atoms with Crippen molar-refractivity contribution < 1.29 is 22.0 Å². The molecule has 1 fully saturated rings. The largest absolute Gasteiger partial charge is 0.332 e. The number of likely N-dealkylation sites (tertiary alicyclic amines) is 1. The number of carbonyl (C=O) groups excluding carboxylic acids is 1. The smallest absolute Gasteiger partial charge is 0.294 e. The van der Waals surface area contributed by atoms with E-state index in [4.69, 9.17) is 0 Å². The lowest BCUT2D eigenvalue weighted by molar-refractivity contribution is -0.154. The molecule has 0 aromatic heterocycles. The summed E-state index contributed by atoms with van der Waals surface area (Å²) in [6, 6.07) is 12.6. The molecule has 0 aliphatic carbocycles. The number of carbonyl (C=O) groups is 1. The van der Waals surface area contributed by atoms with Gasteiger partial charge in [0.05, 0.1) is 6.26 Å². The number of nitrogens with zero attached hydrogens (tertiary/aromatic N) is 1. The van der Waals surface area contributed by atoms with Crippen LogP contribution in [0.4, 0.5) is 8.78 Å². The van der Waals surface area contributed by atoms with Crippen LogP contribution in [0.5, 0.6) is 0 Å². The van der Waals surface area contributed by atoms with Crippen LogP contribution in [-0.4, -0.2) is 44.1 Å². The number of benzene rings is 2. The predicted octanol–water partition coefficient (Wildman–Crippen LogP) is 4.15. The van der Waals surface area contributed by atoms with Crippen LogP contribution in [0.3, 0.4) is 0 Å². The van der Waals surface area contributed by atoms with Gasteiger partial charge in [-0.1, -0.05) is 55.5 Å². The van der Waals surface area contributed by atoms with Crippen molar-refractivity contribution in [3.05, 3.63) is 60.2 Å². The molecule has 8 heteroatoms. The van der Waals surface area contributed by atoms with Crippen LogP contribution in [0.1, 0.15) is 38.2 Å². The number of alkyl halides is 2. The molecule has 1 N–H and O–H groups in total. The van der Waals surface area contributed by atoms with Crippen LogP contribution in [0, 0.1) is 0 Å². The number of hydrogen-bond donors (Lipinski definition) is 1. The van der Waals surface area contributed by atoms with Gasteiger partial charge >= 0.3 is 0 Å². The van der Waals surface area contributed by atoms with E-state index in [1.165, 1.54) is 17.0 Å². The second kappa shape index (κ2) is 9.44. The molecule has 2 aromatic rings. The Bertz CT molecular complexity index is 1010. The van der Waals surface area contributed by atoms with E-state index in [0.717, 1.165) is 11.8 Å². The molecule has 0 radical (unpaired) electrons. The van der Waals surface area contributed by atoms with Crippen molar-refractivity contribution in [2.45, 2.75) is 50.6 Å². The van der Waals surface area contributed by atoms with Crippen molar-refractivity contribution in [2.75, 3.05) is 12.8 Å². The van der Waals surface area contributed by atoms with Gasteiger partial charge in [0, 0.05) is 24.6 Å². The number of hydrogen-bond acceptors (Lipinski definition) is 3. The second-order valence-corrected chi connectivity index (χ2v) is 9.77. The maximum Gasteiger partial charge on any atom is 0.294 e. The van der Waals surface area contributed by atoms with E-state index in [2.05, 4.69) is 4.72 Å². The molecule has 31 heavy (non-hydrogen) atoms. The van der Waals surface area contributed by atoms with E-state index < -0.39 is 28.0 Å². The average Bonchev–Trinajstić information content (AvgIpc) is 2.73. The first-order valence-corrected chi connectivity index (χ1v) is 12.3. The highest BCUT2D eigenvalue weighted by Gasteiger charge is 2.52. The molecule has 1 amide bonds. The molecule has 0 saturated carbocycles. The molecule has 2 aromatic carbocycles. The Morgan fingerprint density at radius 2 is 1.81 bits per heavy atom. The molecule has 2 atom stereocenters. The Hall–Kier alpha value is -2.32. The van der Waals surface area contributed by atoms with E-state index in [0.29, 0.717) is 18.4 Å². The Morgan fingerprint density at radius 3 is 2.45 bits per heavy atom. The minimum absolute atomic E-state index is 0.141. The summed E-state index contributed by atoms with van der Waals surface area (Å²) in [6.45, 7) is 1.99. The number of sulfonamides is 1. The highest BCUT2D eigenvalue weighted by atomic mass is 32.2. The van der Waals surface area contributed by atoms with Crippen molar-refractivity contribution in [3.8, 4) is 11.1 Å². The van der Waals surface area contributed by atoms with Crippen LogP contribution < -0.4 is 4.72 Å². The van der Waals surface area contributed by atoms with Crippen molar-refractivity contribution in [2.24, 2.45) is 0 Å². The number of halogens is 2. The first kappa shape index (κ1) is 23.3. The van der Waals surface area contributed by atoms with Gasteiger partial charge in [0.25, 0.3) is 5.92 Å². The van der Waals surface area contributed by atoms with E-state index in [1.54, 1.807) is 12.1 Å². The standard InChI is InChI=1S/C23H28F2N2O3S/c1-3-9-21(28)27-15-8-14-20(26-31(2,29)30)22(27)23(24,25)19-13-7-12-18(16-19)17-10-5-4-6-11-17/h4-7,10-13,16,20,22,26H,3,8-9,14-15H2,1-2H3. The Morgan fingerprint density at radius 1 is 1.13 bits per heavy atom. The Balaban J connectivity index is 2.05. The third-order valence-electron chi connectivity index (χ3n) is 5.51. The van der Waals surface area contributed by atoms with Gasteiger partial charge in [-0.15, -0.1) is 0 Å². The van der Waals surface area contributed by atoms with Gasteiger partial charge in [-0.05, 0) is 36.5 Å². The van der Waals surface area contributed by atoms with Crippen molar-refractivity contribution >= 4 is 15.9 Å². The lowest BCUT2D eigenvalue weighted by Crippen LogP contribution is -2.62.